The Morgan fingerprint density at radius 3 is 1.40 bits per heavy atom. The fourth-order valence-electron chi connectivity index (χ4n) is 8.46. The Bertz CT molecular complexity index is 3040. The van der Waals surface area contributed by atoms with Crippen molar-refractivity contribution in [2.75, 3.05) is 4.90 Å². The van der Waals surface area contributed by atoms with E-state index in [0.717, 1.165) is 55.5 Å². The van der Waals surface area contributed by atoms with Gasteiger partial charge in [0.2, 0.25) is 0 Å². The molecule has 2 aromatic heterocycles. The molecule has 3 nitrogen and oxygen atoms in total. The van der Waals surface area contributed by atoms with E-state index in [2.05, 4.69) is 216 Å². The molecule has 0 amide bonds. The number of hydrogen-bond acceptors (Lipinski definition) is 2. The van der Waals surface area contributed by atoms with E-state index in [-0.39, 0.29) is 0 Å². The summed E-state index contributed by atoms with van der Waals surface area (Å²) in [4.78, 5) is 2.40. The van der Waals surface area contributed by atoms with Crippen LogP contribution >= 0.6 is 0 Å². The van der Waals surface area contributed by atoms with Crippen LogP contribution in [-0.4, -0.2) is 4.57 Å². The minimum absolute atomic E-state index is 0.864. The fraction of sp³-hybridized carbons (Fsp3) is 0. The number of para-hydroxylation sites is 2. The minimum Gasteiger partial charge on any atom is -0.455 e. The summed E-state index contributed by atoms with van der Waals surface area (Å²) in [7, 11) is 0. The van der Waals surface area contributed by atoms with Crippen molar-refractivity contribution in [3.63, 3.8) is 0 Å². The van der Waals surface area contributed by atoms with Crippen LogP contribution in [-0.2, 0) is 0 Å². The second-order valence-corrected chi connectivity index (χ2v) is 14.1. The van der Waals surface area contributed by atoms with Gasteiger partial charge in [0, 0.05) is 38.3 Å². The lowest BCUT2D eigenvalue weighted by Crippen LogP contribution is -2.10. The molecule has 2 heterocycles. The number of nitrogens with zero attached hydrogens (tertiary/aromatic N) is 2. The molecule has 0 bridgehead atoms. The third-order valence-electron chi connectivity index (χ3n) is 11.0. The van der Waals surface area contributed by atoms with Crippen molar-refractivity contribution in [3.8, 4) is 27.9 Å². The summed E-state index contributed by atoms with van der Waals surface area (Å²) in [5, 5.41) is 6.83. The van der Waals surface area contributed by atoms with Crippen molar-refractivity contribution >= 4 is 71.6 Å². The summed E-state index contributed by atoms with van der Waals surface area (Å²) >= 11 is 0. The molecular weight excluding hydrogens is 669 g/mol. The third-order valence-corrected chi connectivity index (χ3v) is 11.0. The summed E-state index contributed by atoms with van der Waals surface area (Å²) in [6.07, 6.45) is 0. The van der Waals surface area contributed by atoms with Gasteiger partial charge < -0.3 is 13.9 Å². The number of anilines is 3. The molecule has 55 heavy (non-hydrogen) atoms. The predicted molar refractivity (Wildman–Crippen MR) is 231 cm³/mol. The molecule has 0 N–H and O–H groups in total. The van der Waals surface area contributed by atoms with Crippen LogP contribution in [0.2, 0.25) is 0 Å². The molecule has 0 unspecified atom stereocenters. The lowest BCUT2D eigenvalue weighted by atomic mass is 10.00. The monoisotopic (exact) mass is 702 g/mol. The maximum atomic E-state index is 6.87. The highest BCUT2D eigenvalue weighted by atomic mass is 16.3. The van der Waals surface area contributed by atoms with Gasteiger partial charge in [-0.15, -0.1) is 0 Å². The zero-order valence-corrected chi connectivity index (χ0v) is 29.9. The number of rotatable bonds is 6. The molecule has 11 rings (SSSR count). The van der Waals surface area contributed by atoms with Crippen molar-refractivity contribution in [2.24, 2.45) is 0 Å². The summed E-state index contributed by atoms with van der Waals surface area (Å²) in [6, 6.07) is 73.8. The topological polar surface area (TPSA) is 21.3 Å². The van der Waals surface area contributed by atoms with Gasteiger partial charge in [0.25, 0.3) is 0 Å². The highest BCUT2D eigenvalue weighted by Gasteiger charge is 2.23. The Balaban J connectivity index is 1.18. The van der Waals surface area contributed by atoms with Gasteiger partial charge >= 0.3 is 0 Å². The standard InChI is InChI=1S/C52H34N2O/c1-3-14-35(15-4-1)37-26-30-39(31-27-37)53(40-32-28-38(29-33-40)36-16-5-2-6-17-36)49-34-45-51-48(24-13-25-50(51)55-52(45)44-21-8-7-20-43(44)49)54-46-22-11-9-18-41(46)42-19-10-12-23-47(42)54/h1-34H. The molecule has 0 saturated carbocycles. The van der Waals surface area contributed by atoms with E-state index in [1.54, 1.807) is 0 Å². The van der Waals surface area contributed by atoms with Gasteiger partial charge in [-0.2, -0.15) is 0 Å². The lowest BCUT2D eigenvalue weighted by Gasteiger charge is -2.27. The smallest absolute Gasteiger partial charge is 0.143 e. The van der Waals surface area contributed by atoms with Gasteiger partial charge in [-0.3, -0.25) is 0 Å². The summed E-state index contributed by atoms with van der Waals surface area (Å²) in [6.45, 7) is 0. The highest BCUT2D eigenvalue weighted by molar-refractivity contribution is 6.22. The van der Waals surface area contributed by atoms with Crippen molar-refractivity contribution in [2.45, 2.75) is 0 Å². The van der Waals surface area contributed by atoms with Crippen LogP contribution in [0, 0.1) is 0 Å². The van der Waals surface area contributed by atoms with E-state index >= 15 is 0 Å². The molecular formula is C52H34N2O. The van der Waals surface area contributed by atoms with Crippen LogP contribution in [0.3, 0.4) is 0 Å². The first-order valence-corrected chi connectivity index (χ1v) is 18.8. The van der Waals surface area contributed by atoms with Crippen molar-refractivity contribution in [1.82, 2.24) is 4.57 Å². The SMILES string of the molecule is c1ccc(-c2ccc(N(c3ccc(-c4ccccc4)cc3)c3cc4c(oc5cccc(-n6c7ccccc7c7ccccc76)c54)c4ccccc34)cc2)cc1. The molecule has 3 heteroatoms. The molecule has 0 aliphatic rings. The zero-order valence-electron chi connectivity index (χ0n) is 29.9. The van der Waals surface area contributed by atoms with E-state index in [1.807, 2.05) is 0 Å². The molecule has 9 aromatic carbocycles. The van der Waals surface area contributed by atoms with Crippen LogP contribution < -0.4 is 4.90 Å². The molecule has 0 radical (unpaired) electrons. The number of hydrogen-bond donors (Lipinski definition) is 0. The Kier molecular flexibility index (Phi) is 7.17. The van der Waals surface area contributed by atoms with E-state index in [4.69, 9.17) is 4.42 Å². The minimum atomic E-state index is 0.864. The van der Waals surface area contributed by atoms with E-state index in [0.29, 0.717) is 0 Å². The van der Waals surface area contributed by atoms with Crippen molar-refractivity contribution in [1.29, 1.82) is 0 Å². The highest BCUT2D eigenvalue weighted by Crippen LogP contribution is 2.47. The quantitative estimate of drug-likeness (QED) is 0.172. The third kappa shape index (κ3) is 5.05. The first kappa shape index (κ1) is 31.2. The molecule has 0 saturated heterocycles. The molecule has 0 spiro atoms. The molecule has 11 aromatic rings. The summed E-state index contributed by atoms with van der Waals surface area (Å²) in [5.74, 6) is 0. The summed E-state index contributed by atoms with van der Waals surface area (Å²) < 4.78 is 9.27. The molecule has 258 valence electrons. The molecule has 0 aliphatic carbocycles. The largest absolute Gasteiger partial charge is 0.455 e. The van der Waals surface area contributed by atoms with Crippen LogP contribution in [0.25, 0.3) is 82.5 Å². The van der Waals surface area contributed by atoms with Crippen LogP contribution in [0.5, 0.6) is 0 Å². The first-order chi connectivity index (χ1) is 27.3. The Hall–Kier alpha value is -7.36. The van der Waals surface area contributed by atoms with E-state index in [9.17, 15) is 0 Å². The normalized spacial score (nSPS) is 11.6. The summed E-state index contributed by atoms with van der Waals surface area (Å²) in [5.41, 5.74) is 13.2. The van der Waals surface area contributed by atoms with Gasteiger partial charge in [0.15, 0.2) is 0 Å². The molecule has 0 fully saturated rings. The van der Waals surface area contributed by atoms with Crippen molar-refractivity contribution < 1.29 is 4.42 Å². The Morgan fingerprint density at radius 2 is 0.836 bits per heavy atom. The fourth-order valence-corrected chi connectivity index (χ4v) is 8.46. The lowest BCUT2D eigenvalue weighted by molar-refractivity contribution is 0.672. The number of furan rings is 1. The van der Waals surface area contributed by atoms with Gasteiger partial charge in [0.1, 0.15) is 11.2 Å². The van der Waals surface area contributed by atoms with E-state index in [1.165, 1.54) is 44.1 Å². The molecule has 0 aliphatic heterocycles. The number of fused-ring (bicyclic) bond motifs is 8. The van der Waals surface area contributed by atoms with Crippen LogP contribution in [0.1, 0.15) is 0 Å². The van der Waals surface area contributed by atoms with Crippen LogP contribution in [0.4, 0.5) is 17.1 Å². The Labute approximate surface area is 318 Å². The van der Waals surface area contributed by atoms with Gasteiger partial charge in [-0.05, 0) is 76.9 Å². The average Bonchev–Trinajstić information content (AvgIpc) is 3.81. The van der Waals surface area contributed by atoms with Gasteiger partial charge in [0.05, 0.1) is 27.8 Å². The van der Waals surface area contributed by atoms with Crippen molar-refractivity contribution in [3.05, 3.63) is 206 Å². The van der Waals surface area contributed by atoms with Gasteiger partial charge in [-0.25, -0.2) is 0 Å². The Morgan fingerprint density at radius 1 is 0.364 bits per heavy atom. The predicted octanol–water partition coefficient (Wildman–Crippen LogP) is 14.6. The van der Waals surface area contributed by atoms with Gasteiger partial charge in [-0.1, -0.05) is 152 Å². The maximum Gasteiger partial charge on any atom is 0.143 e. The number of benzene rings is 9. The average molecular weight is 703 g/mol. The molecule has 0 atom stereocenters. The van der Waals surface area contributed by atoms with E-state index < -0.39 is 0 Å². The second kappa shape index (κ2) is 12.6. The second-order valence-electron chi connectivity index (χ2n) is 14.1. The first-order valence-electron chi connectivity index (χ1n) is 18.8. The zero-order chi connectivity index (χ0) is 36.3. The number of aromatic nitrogens is 1. The van der Waals surface area contributed by atoms with Crippen LogP contribution in [0.15, 0.2) is 211 Å². The maximum absolute atomic E-state index is 6.87.